The maximum Gasteiger partial charge on any atom is 0.293 e. The van der Waals surface area contributed by atoms with Crippen molar-refractivity contribution in [1.82, 2.24) is 9.55 Å². The molecule has 0 aliphatic rings. The van der Waals surface area contributed by atoms with Gasteiger partial charge in [-0.1, -0.05) is 25.1 Å². The van der Waals surface area contributed by atoms with Gasteiger partial charge in [-0.15, -0.1) is 0 Å². The van der Waals surface area contributed by atoms with Crippen molar-refractivity contribution < 1.29 is 9.53 Å². The maximum absolute atomic E-state index is 12.5. The summed E-state index contributed by atoms with van der Waals surface area (Å²) in [5, 5.41) is 0.865. The summed E-state index contributed by atoms with van der Waals surface area (Å²) in [7, 11) is 0. The summed E-state index contributed by atoms with van der Waals surface area (Å²) in [5.41, 5.74) is 1.21. The predicted octanol–water partition coefficient (Wildman–Crippen LogP) is 3.00. The number of carbonyl (C=O) groups is 1. The summed E-state index contributed by atoms with van der Waals surface area (Å²) < 4.78 is 6.80. The van der Waals surface area contributed by atoms with Crippen molar-refractivity contribution in [3.05, 3.63) is 64.7 Å². The van der Waals surface area contributed by atoms with E-state index in [2.05, 4.69) is 4.98 Å². The average molecular weight is 310 g/mol. The molecule has 0 spiro atoms. The lowest BCUT2D eigenvalue weighted by molar-refractivity contribution is 0.0972. The van der Waals surface area contributed by atoms with Crippen LogP contribution in [0, 0.1) is 0 Å². The van der Waals surface area contributed by atoms with E-state index in [0.29, 0.717) is 12.2 Å². The molecule has 0 fully saturated rings. The molecule has 0 aliphatic heterocycles. The topological polar surface area (TPSA) is 64.1 Å². The van der Waals surface area contributed by atoms with E-state index >= 15 is 0 Å². The van der Waals surface area contributed by atoms with Gasteiger partial charge < -0.3 is 14.3 Å². The van der Waals surface area contributed by atoms with E-state index in [1.54, 1.807) is 24.5 Å². The molecule has 0 saturated carbocycles. The van der Waals surface area contributed by atoms with E-state index in [1.807, 2.05) is 31.2 Å². The van der Waals surface area contributed by atoms with Gasteiger partial charge in [0.15, 0.2) is 11.5 Å². The molecule has 0 bridgehead atoms. The molecule has 0 saturated heterocycles. The Morgan fingerprint density at radius 1 is 1.22 bits per heavy atom. The molecule has 1 aromatic carbocycles. The van der Waals surface area contributed by atoms with Gasteiger partial charge in [0.25, 0.3) is 5.56 Å². The molecule has 2 aromatic heterocycles. The molecule has 0 radical (unpaired) electrons. The molecule has 0 atom stereocenters. The first-order chi connectivity index (χ1) is 11.2. The van der Waals surface area contributed by atoms with Gasteiger partial charge in [0, 0.05) is 28.9 Å². The van der Waals surface area contributed by atoms with Crippen LogP contribution in [0.15, 0.2) is 53.6 Å². The largest absolute Gasteiger partial charge is 0.488 e. The average Bonchev–Trinajstić information content (AvgIpc) is 3.00. The number of pyridine rings is 1. The van der Waals surface area contributed by atoms with Gasteiger partial charge in [-0.05, 0) is 24.6 Å². The van der Waals surface area contributed by atoms with E-state index in [0.717, 1.165) is 17.3 Å². The Bertz CT molecular complexity index is 892. The summed E-state index contributed by atoms with van der Waals surface area (Å²) >= 11 is 0. The van der Waals surface area contributed by atoms with E-state index in [-0.39, 0.29) is 23.6 Å². The predicted molar refractivity (Wildman–Crippen MR) is 89.1 cm³/mol. The number of carbonyl (C=O) groups excluding carboxylic acids is 1. The number of hydrogen-bond acceptors (Lipinski definition) is 3. The molecule has 0 aliphatic carbocycles. The third-order valence-electron chi connectivity index (χ3n) is 3.65. The van der Waals surface area contributed by atoms with Crippen molar-refractivity contribution in [1.29, 1.82) is 0 Å². The quantitative estimate of drug-likeness (QED) is 0.712. The zero-order valence-corrected chi connectivity index (χ0v) is 12.9. The van der Waals surface area contributed by atoms with Crippen molar-refractivity contribution in [3.63, 3.8) is 0 Å². The summed E-state index contributed by atoms with van der Waals surface area (Å²) in [6.45, 7) is 2.45. The van der Waals surface area contributed by atoms with Crippen LogP contribution in [-0.4, -0.2) is 21.9 Å². The molecule has 23 heavy (non-hydrogen) atoms. The van der Waals surface area contributed by atoms with Gasteiger partial charge in [-0.3, -0.25) is 9.59 Å². The molecule has 2 heterocycles. The Morgan fingerprint density at radius 2 is 2.04 bits per heavy atom. The highest BCUT2D eigenvalue weighted by Crippen LogP contribution is 2.18. The number of rotatable bonds is 6. The minimum Gasteiger partial charge on any atom is -0.488 e. The highest BCUT2D eigenvalue weighted by molar-refractivity contribution is 6.07. The molecule has 3 rings (SSSR count). The van der Waals surface area contributed by atoms with E-state index in [4.69, 9.17) is 4.74 Å². The Labute approximate surface area is 133 Å². The normalized spacial score (nSPS) is 10.8. The number of aromatic amines is 1. The molecule has 3 aromatic rings. The number of ketones is 1. The van der Waals surface area contributed by atoms with Crippen molar-refractivity contribution in [2.75, 3.05) is 6.61 Å². The van der Waals surface area contributed by atoms with Crippen LogP contribution < -0.4 is 10.3 Å². The minimum absolute atomic E-state index is 0.00991. The molecule has 1 N–H and O–H groups in total. The Hall–Kier alpha value is -2.82. The van der Waals surface area contributed by atoms with Gasteiger partial charge in [-0.2, -0.15) is 0 Å². The second-order valence-corrected chi connectivity index (χ2v) is 5.33. The molecular formula is C18H18N2O3. The van der Waals surface area contributed by atoms with Crippen LogP contribution in [0.3, 0.4) is 0 Å². The zero-order chi connectivity index (χ0) is 16.2. The number of ether oxygens (including phenoxy) is 1. The van der Waals surface area contributed by atoms with Crippen LogP contribution in [0.5, 0.6) is 5.75 Å². The number of aromatic nitrogens is 2. The second-order valence-electron chi connectivity index (χ2n) is 5.33. The zero-order valence-electron chi connectivity index (χ0n) is 12.9. The standard InChI is InChI=1S/C18H18N2O3/c1-2-10-23-17-8-5-9-20(18(17)22)12-16(21)14-11-19-15-7-4-3-6-13(14)15/h3-9,11,19H,2,10,12H2,1H3. The van der Waals surface area contributed by atoms with Crippen LogP contribution >= 0.6 is 0 Å². The molecule has 118 valence electrons. The first-order valence-electron chi connectivity index (χ1n) is 7.62. The molecule has 5 heteroatoms. The lowest BCUT2D eigenvalue weighted by Gasteiger charge is -2.08. The van der Waals surface area contributed by atoms with Crippen molar-refractivity contribution in [2.45, 2.75) is 19.9 Å². The van der Waals surface area contributed by atoms with Gasteiger partial charge >= 0.3 is 0 Å². The number of fused-ring (bicyclic) bond motifs is 1. The summed E-state index contributed by atoms with van der Waals surface area (Å²) in [4.78, 5) is 27.9. The molecule has 5 nitrogen and oxygen atoms in total. The van der Waals surface area contributed by atoms with Gasteiger partial charge in [0.05, 0.1) is 13.2 Å². The Balaban J connectivity index is 1.87. The summed E-state index contributed by atoms with van der Waals surface area (Å²) in [6, 6.07) is 10.9. The van der Waals surface area contributed by atoms with Gasteiger partial charge in [0.1, 0.15) is 0 Å². The fourth-order valence-electron chi connectivity index (χ4n) is 2.50. The SMILES string of the molecule is CCCOc1cccn(CC(=O)c2c[nH]c3ccccc23)c1=O. The summed E-state index contributed by atoms with van der Waals surface area (Å²) in [5.74, 6) is 0.165. The van der Waals surface area contributed by atoms with Crippen LogP contribution in [0.2, 0.25) is 0 Å². The third kappa shape index (κ3) is 3.04. The number of hydrogen-bond donors (Lipinski definition) is 1. The van der Waals surface area contributed by atoms with Gasteiger partial charge in [0.2, 0.25) is 0 Å². The fraction of sp³-hybridized carbons (Fsp3) is 0.222. The number of para-hydroxylation sites is 1. The highest BCUT2D eigenvalue weighted by Gasteiger charge is 2.14. The monoisotopic (exact) mass is 310 g/mol. The van der Waals surface area contributed by atoms with Crippen LogP contribution in [-0.2, 0) is 6.54 Å². The maximum atomic E-state index is 12.5. The van der Waals surface area contributed by atoms with Crippen molar-refractivity contribution in [2.24, 2.45) is 0 Å². The smallest absolute Gasteiger partial charge is 0.293 e. The molecule has 0 unspecified atom stereocenters. The highest BCUT2D eigenvalue weighted by atomic mass is 16.5. The summed E-state index contributed by atoms with van der Waals surface area (Å²) in [6.07, 6.45) is 4.12. The fourth-order valence-corrected chi connectivity index (χ4v) is 2.50. The first-order valence-corrected chi connectivity index (χ1v) is 7.62. The number of nitrogens with one attached hydrogen (secondary N) is 1. The van der Waals surface area contributed by atoms with E-state index in [1.165, 1.54) is 4.57 Å². The van der Waals surface area contributed by atoms with Crippen LogP contribution in [0.1, 0.15) is 23.7 Å². The lowest BCUT2D eigenvalue weighted by Crippen LogP contribution is -2.25. The van der Waals surface area contributed by atoms with E-state index in [9.17, 15) is 9.59 Å². The van der Waals surface area contributed by atoms with Crippen molar-refractivity contribution in [3.8, 4) is 5.75 Å². The van der Waals surface area contributed by atoms with Crippen LogP contribution in [0.4, 0.5) is 0 Å². The van der Waals surface area contributed by atoms with Crippen LogP contribution in [0.25, 0.3) is 10.9 Å². The second kappa shape index (κ2) is 6.52. The lowest BCUT2D eigenvalue weighted by atomic mass is 10.1. The molecular weight excluding hydrogens is 292 g/mol. The van der Waals surface area contributed by atoms with Crippen molar-refractivity contribution >= 4 is 16.7 Å². The molecule has 0 amide bonds. The number of H-pyrrole nitrogens is 1. The van der Waals surface area contributed by atoms with E-state index < -0.39 is 0 Å². The number of nitrogens with zero attached hydrogens (tertiary/aromatic N) is 1. The minimum atomic E-state index is -0.283. The first kappa shape index (κ1) is 15.1. The Morgan fingerprint density at radius 3 is 2.87 bits per heavy atom. The third-order valence-corrected chi connectivity index (χ3v) is 3.65. The number of benzene rings is 1. The van der Waals surface area contributed by atoms with Gasteiger partial charge in [-0.25, -0.2) is 0 Å². The number of Topliss-reactive ketones (excluding diaryl/α,β-unsaturated/α-hetero) is 1. The Kier molecular flexibility index (Phi) is 4.28.